The summed E-state index contributed by atoms with van der Waals surface area (Å²) in [6.45, 7) is 8.48. The summed E-state index contributed by atoms with van der Waals surface area (Å²) in [6, 6.07) is 6.36. The van der Waals surface area contributed by atoms with Crippen molar-refractivity contribution in [1.29, 1.82) is 5.26 Å². The van der Waals surface area contributed by atoms with Gasteiger partial charge in [0.1, 0.15) is 11.9 Å². The smallest absolute Gasteiger partial charge is 0.183 e. The first-order valence-corrected chi connectivity index (χ1v) is 8.79. The molecule has 7 nitrogen and oxygen atoms in total. The van der Waals surface area contributed by atoms with E-state index >= 15 is 0 Å². The third-order valence-electron chi connectivity index (χ3n) is 5.06. The third kappa shape index (κ3) is 3.00. The number of H-pyrrole nitrogens is 1. The Morgan fingerprint density at radius 3 is 2.65 bits per heavy atom. The first-order chi connectivity index (χ1) is 12.7. The van der Waals surface area contributed by atoms with E-state index in [9.17, 15) is 5.26 Å². The van der Waals surface area contributed by atoms with Gasteiger partial charge in [0, 0.05) is 38.6 Å². The van der Waals surface area contributed by atoms with Crippen molar-refractivity contribution in [2.45, 2.75) is 20.4 Å². The number of fused-ring (bicyclic) bond motifs is 1. The lowest BCUT2D eigenvalue weighted by Crippen LogP contribution is -2.46. The second-order valence-electron chi connectivity index (χ2n) is 6.69. The summed E-state index contributed by atoms with van der Waals surface area (Å²) in [5.74, 6) is 1.68. The number of rotatable bonds is 3. The highest BCUT2D eigenvalue weighted by Gasteiger charge is 2.21. The maximum atomic E-state index is 9.20. The molecule has 1 aliphatic heterocycles. The van der Waals surface area contributed by atoms with Gasteiger partial charge >= 0.3 is 0 Å². The lowest BCUT2D eigenvalue weighted by atomic mass is 10.1. The number of aryl methyl sites for hydroxylation is 2. The van der Waals surface area contributed by atoms with Crippen LogP contribution in [-0.2, 0) is 6.54 Å². The van der Waals surface area contributed by atoms with Gasteiger partial charge < -0.3 is 9.88 Å². The minimum absolute atomic E-state index is 0.393. The van der Waals surface area contributed by atoms with Crippen molar-refractivity contribution >= 4 is 16.9 Å². The first-order valence-electron chi connectivity index (χ1n) is 8.79. The second kappa shape index (κ2) is 6.73. The van der Waals surface area contributed by atoms with E-state index in [1.165, 1.54) is 11.1 Å². The number of hydrogen-bond donors (Lipinski definition) is 1. The van der Waals surface area contributed by atoms with Crippen molar-refractivity contribution < 1.29 is 0 Å². The fraction of sp³-hybridized carbons (Fsp3) is 0.368. The largest absolute Gasteiger partial charge is 0.352 e. The lowest BCUT2D eigenvalue weighted by molar-refractivity contribution is 0.244. The van der Waals surface area contributed by atoms with Gasteiger partial charge in [-0.15, -0.1) is 0 Å². The van der Waals surface area contributed by atoms with Gasteiger partial charge in [0.2, 0.25) is 0 Å². The van der Waals surface area contributed by atoms with E-state index in [2.05, 4.69) is 56.8 Å². The fourth-order valence-electron chi connectivity index (χ4n) is 3.41. The molecule has 0 aliphatic carbocycles. The summed E-state index contributed by atoms with van der Waals surface area (Å²) in [6.07, 6.45) is 3.20. The number of hydrogen-bond acceptors (Lipinski definition) is 6. The summed E-state index contributed by atoms with van der Waals surface area (Å²) < 4.78 is 0. The SMILES string of the molecule is Cc1ccc2[nH]c(CN3CCN(c4nccnc4C#N)CC3)nc2c1C. The van der Waals surface area contributed by atoms with Crippen molar-refractivity contribution in [2.75, 3.05) is 31.1 Å². The Bertz CT molecular complexity index is 977. The van der Waals surface area contributed by atoms with Gasteiger partial charge in [0.25, 0.3) is 0 Å². The van der Waals surface area contributed by atoms with Gasteiger partial charge in [-0.05, 0) is 31.0 Å². The molecule has 0 atom stereocenters. The van der Waals surface area contributed by atoms with Gasteiger partial charge in [-0.1, -0.05) is 6.07 Å². The molecule has 1 saturated heterocycles. The van der Waals surface area contributed by atoms with Crippen LogP contribution in [0, 0.1) is 25.2 Å². The average Bonchev–Trinajstić information content (AvgIpc) is 3.09. The molecule has 0 spiro atoms. The number of anilines is 1. The highest BCUT2D eigenvalue weighted by molar-refractivity contribution is 5.79. The van der Waals surface area contributed by atoms with E-state index in [1.54, 1.807) is 12.4 Å². The standard InChI is InChI=1S/C19H21N7/c1-13-3-4-15-18(14(13)2)24-17(23-15)12-25-7-9-26(10-8-25)19-16(11-20)21-5-6-22-19/h3-6H,7-10,12H2,1-2H3,(H,23,24). The molecule has 7 heteroatoms. The molecule has 26 heavy (non-hydrogen) atoms. The van der Waals surface area contributed by atoms with Crippen molar-refractivity contribution in [1.82, 2.24) is 24.8 Å². The molecule has 1 N–H and O–H groups in total. The molecule has 0 bridgehead atoms. The maximum absolute atomic E-state index is 9.20. The van der Waals surface area contributed by atoms with E-state index in [-0.39, 0.29) is 0 Å². The predicted octanol–water partition coefficient (Wildman–Crippen LogP) is 2.16. The number of piperazine rings is 1. The van der Waals surface area contributed by atoms with Crippen LogP contribution >= 0.6 is 0 Å². The Kier molecular flexibility index (Phi) is 4.27. The molecule has 1 aliphatic rings. The van der Waals surface area contributed by atoms with Crippen LogP contribution in [0.2, 0.25) is 0 Å². The normalized spacial score (nSPS) is 15.3. The monoisotopic (exact) mass is 347 g/mol. The third-order valence-corrected chi connectivity index (χ3v) is 5.06. The molecule has 0 amide bonds. The van der Waals surface area contributed by atoms with E-state index in [0.29, 0.717) is 11.5 Å². The van der Waals surface area contributed by atoms with Gasteiger partial charge in [-0.2, -0.15) is 5.26 Å². The Balaban J connectivity index is 1.44. The molecule has 2 aromatic heterocycles. The number of nitrogens with one attached hydrogen (secondary N) is 1. The van der Waals surface area contributed by atoms with Crippen LogP contribution < -0.4 is 4.90 Å². The molecule has 132 valence electrons. The molecular formula is C19H21N7. The van der Waals surface area contributed by atoms with E-state index in [1.807, 2.05) is 0 Å². The van der Waals surface area contributed by atoms with Gasteiger partial charge in [0.05, 0.1) is 17.6 Å². The average molecular weight is 347 g/mol. The Morgan fingerprint density at radius 1 is 1.12 bits per heavy atom. The van der Waals surface area contributed by atoms with Gasteiger partial charge in [0.15, 0.2) is 11.5 Å². The van der Waals surface area contributed by atoms with Crippen LogP contribution in [0.15, 0.2) is 24.5 Å². The number of aromatic nitrogens is 4. The summed E-state index contributed by atoms with van der Waals surface area (Å²) in [5, 5.41) is 9.20. The summed E-state index contributed by atoms with van der Waals surface area (Å²) in [4.78, 5) is 21.2. The van der Waals surface area contributed by atoms with Crippen LogP contribution in [0.25, 0.3) is 11.0 Å². The number of nitriles is 1. The quantitative estimate of drug-likeness (QED) is 0.781. The van der Waals surface area contributed by atoms with Crippen LogP contribution in [-0.4, -0.2) is 51.0 Å². The van der Waals surface area contributed by atoms with Crippen molar-refractivity contribution in [3.63, 3.8) is 0 Å². The van der Waals surface area contributed by atoms with Crippen molar-refractivity contribution in [2.24, 2.45) is 0 Å². The number of imidazole rings is 1. The predicted molar refractivity (Wildman–Crippen MR) is 99.8 cm³/mol. The summed E-state index contributed by atoms with van der Waals surface area (Å²) >= 11 is 0. The zero-order valence-electron chi connectivity index (χ0n) is 15.0. The maximum Gasteiger partial charge on any atom is 0.183 e. The molecule has 3 aromatic rings. The minimum Gasteiger partial charge on any atom is -0.352 e. The minimum atomic E-state index is 0.393. The topological polar surface area (TPSA) is 84.7 Å². The molecular weight excluding hydrogens is 326 g/mol. The molecule has 4 rings (SSSR count). The summed E-state index contributed by atoms with van der Waals surface area (Å²) in [5.41, 5.74) is 5.06. The Morgan fingerprint density at radius 2 is 1.88 bits per heavy atom. The van der Waals surface area contributed by atoms with Gasteiger partial charge in [-0.3, -0.25) is 4.90 Å². The zero-order valence-corrected chi connectivity index (χ0v) is 15.0. The summed E-state index contributed by atoms with van der Waals surface area (Å²) in [7, 11) is 0. The molecule has 1 aromatic carbocycles. The van der Waals surface area contributed by atoms with E-state index < -0.39 is 0 Å². The zero-order chi connectivity index (χ0) is 18.1. The van der Waals surface area contributed by atoms with Crippen LogP contribution in [0.3, 0.4) is 0 Å². The van der Waals surface area contributed by atoms with Crippen LogP contribution in [0.1, 0.15) is 22.6 Å². The fourth-order valence-corrected chi connectivity index (χ4v) is 3.41. The molecule has 0 radical (unpaired) electrons. The van der Waals surface area contributed by atoms with Crippen LogP contribution in [0.5, 0.6) is 0 Å². The van der Waals surface area contributed by atoms with E-state index in [0.717, 1.165) is 49.6 Å². The lowest BCUT2D eigenvalue weighted by Gasteiger charge is -2.34. The second-order valence-corrected chi connectivity index (χ2v) is 6.69. The van der Waals surface area contributed by atoms with Crippen LogP contribution in [0.4, 0.5) is 5.82 Å². The molecule has 0 unspecified atom stereocenters. The Labute approximate surface area is 152 Å². The molecule has 3 heterocycles. The van der Waals surface area contributed by atoms with Crippen molar-refractivity contribution in [3.8, 4) is 6.07 Å². The molecule has 0 saturated carbocycles. The van der Waals surface area contributed by atoms with Crippen molar-refractivity contribution in [3.05, 3.63) is 47.2 Å². The van der Waals surface area contributed by atoms with E-state index in [4.69, 9.17) is 4.98 Å². The number of benzene rings is 1. The number of nitrogens with zero attached hydrogens (tertiary/aromatic N) is 6. The first kappa shape index (κ1) is 16.5. The Hall–Kier alpha value is -2.98. The molecule has 1 fully saturated rings. The highest BCUT2D eigenvalue weighted by atomic mass is 15.3. The number of aromatic amines is 1. The van der Waals surface area contributed by atoms with Gasteiger partial charge in [-0.25, -0.2) is 15.0 Å². The highest BCUT2D eigenvalue weighted by Crippen LogP contribution is 2.21.